The number of carbonyl (C=O) groups excluding carboxylic acids is 14. The molecule has 3 heterocycles. The van der Waals surface area contributed by atoms with Crippen LogP contribution >= 0.6 is 0 Å². The lowest BCUT2D eigenvalue weighted by molar-refractivity contribution is -0.156. The van der Waals surface area contributed by atoms with Crippen LogP contribution in [0.4, 0.5) is 11.5 Å². The number of nitrogens with one attached hydrogen (secondary N) is 10. The minimum Gasteiger partial charge on any atom is -0.504 e. The van der Waals surface area contributed by atoms with Crippen LogP contribution in [0.5, 0.6) is 5.75 Å². The molecule has 4 aliphatic rings. The number of aromatic hydroxyl groups is 1. The molecular formula is C56H82N16O21. The average molecular weight is 1320 g/mol. The highest BCUT2D eigenvalue weighted by Crippen LogP contribution is 2.40. The first-order valence-corrected chi connectivity index (χ1v) is 29.9. The van der Waals surface area contributed by atoms with Crippen LogP contribution in [-0.4, -0.2) is 212 Å². The summed E-state index contributed by atoms with van der Waals surface area (Å²) in [6, 6.07) is -11.0. The van der Waals surface area contributed by atoms with E-state index in [2.05, 4.69) is 53.2 Å². The molecule has 10 unspecified atom stereocenters. The molecular weight excluding hydrogens is 1230 g/mol. The van der Waals surface area contributed by atoms with Gasteiger partial charge in [0.25, 0.3) is 0 Å². The summed E-state index contributed by atoms with van der Waals surface area (Å²) in [6.07, 6.45) is -4.06. The monoisotopic (exact) mass is 1310 g/mol. The number of ether oxygens (including phenoxy) is 1. The second kappa shape index (κ2) is 36.8. The topological polar surface area (TPSA) is 573 Å². The highest BCUT2D eigenvalue weighted by Gasteiger charge is 2.40. The van der Waals surface area contributed by atoms with Crippen LogP contribution in [0.3, 0.4) is 0 Å². The number of aliphatic carboxylic acids is 1. The molecule has 0 aromatic rings. The number of fused-ring (bicyclic) bond motifs is 3. The number of pyridine rings is 1. The summed E-state index contributed by atoms with van der Waals surface area (Å²) in [5, 5.41) is 64.7. The third kappa shape index (κ3) is 23.1. The number of amides is 12. The first-order chi connectivity index (χ1) is 44.0. The molecule has 512 valence electrons. The quantitative estimate of drug-likeness (QED) is 0.00792. The van der Waals surface area contributed by atoms with Gasteiger partial charge in [-0.2, -0.15) is 0 Å². The molecule has 4 rings (SSSR count). The van der Waals surface area contributed by atoms with Crippen molar-refractivity contribution >= 4 is 101 Å². The zero-order valence-electron chi connectivity index (χ0n) is 51.4. The maximum absolute atomic E-state index is 14.6. The van der Waals surface area contributed by atoms with Crippen molar-refractivity contribution < 1.29 is 97.3 Å². The van der Waals surface area contributed by atoms with Crippen LogP contribution in [0.2, 0.25) is 0 Å². The number of benzene rings is 1. The molecule has 0 bridgehead atoms. The van der Waals surface area contributed by atoms with Gasteiger partial charge in [0, 0.05) is 44.1 Å². The Balaban J connectivity index is 1.70. The maximum atomic E-state index is 14.6. The number of hydrogen-bond donors (Lipinski definition) is 17. The van der Waals surface area contributed by atoms with Crippen molar-refractivity contribution in [3.8, 4) is 17.0 Å². The van der Waals surface area contributed by atoms with Crippen molar-refractivity contribution in [1.82, 2.24) is 57.2 Å². The number of hydrogen-bond acceptors (Lipinski definition) is 23. The van der Waals surface area contributed by atoms with E-state index < -0.39 is 181 Å². The number of nitrogens with two attached hydrogens (primary N) is 3. The van der Waals surface area contributed by atoms with Crippen LogP contribution in [0, 0.1) is 0 Å². The normalized spacial score (nSPS) is 20.3. The number of unbranched alkanes of at least 4 members (excludes halogenated alkanes) is 2. The predicted octanol–water partition coefficient (Wildman–Crippen LogP) is -5.36. The number of rotatable bonds is 33. The summed E-state index contributed by atoms with van der Waals surface area (Å²) < 4.78 is 7.00. The zero-order valence-corrected chi connectivity index (χ0v) is 51.4. The molecule has 37 heteroatoms. The average Bonchev–Trinajstić information content (AvgIpc) is 0.754. The Kier molecular flexibility index (Phi) is 29.9. The number of Topliss-reactive ketones (excluding diaryl/α,β-unsaturated/α-hetero) is 1. The lowest BCUT2D eigenvalue weighted by Crippen LogP contribution is -2.62. The smallest absolute Gasteiger partial charge is 0.372 e. The number of carboxylic acids is 1. The molecule has 0 saturated carbocycles. The van der Waals surface area contributed by atoms with Crippen molar-refractivity contribution in [3.05, 3.63) is 28.4 Å². The molecule has 0 aromatic carbocycles. The number of anilines is 2. The number of primary amides is 1. The maximum Gasteiger partial charge on any atom is 0.372 e. The first-order valence-electron chi connectivity index (χ1n) is 29.9. The Morgan fingerprint density at radius 2 is 1.27 bits per heavy atom. The Morgan fingerprint density at radius 1 is 0.699 bits per heavy atom. The van der Waals surface area contributed by atoms with Gasteiger partial charge in [-0.05, 0) is 117 Å². The van der Waals surface area contributed by atoms with Gasteiger partial charge in [-0.3, -0.25) is 77.5 Å². The van der Waals surface area contributed by atoms with Crippen molar-refractivity contribution in [3.63, 3.8) is 0 Å². The molecule has 20 N–H and O–H groups in total. The van der Waals surface area contributed by atoms with Crippen molar-refractivity contribution in [2.75, 3.05) is 43.4 Å². The summed E-state index contributed by atoms with van der Waals surface area (Å²) in [6.45, 7) is 3.22. The zero-order chi connectivity index (χ0) is 69.2. The molecule has 37 nitrogen and oxygen atoms in total. The van der Waals surface area contributed by atoms with Gasteiger partial charge in [0.05, 0.1) is 17.8 Å². The summed E-state index contributed by atoms with van der Waals surface area (Å²) in [5.74, 6) is -15.3. The molecule has 1 aliphatic carbocycles. The van der Waals surface area contributed by atoms with E-state index in [1.807, 2.05) is 0 Å². The van der Waals surface area contributed by atoms with E-state index in [4.69, 9.17) is 27.0 Å². The van der Waals surface area contributed by atoms with Crippen LogP contribution < -0.4 is 75.8 Å². The van der Waals surface area contributed by atoms with E-state index in [1.54, 1.807) is 0 Å². The number of esters is 1. The summed E-state index contributed by atoms with van der Waals surface area (Å²) >= 11 is 0. The number of nitrogens with zero attached hydrogens (tertiary/aromatic N) is 3. The summed E-state index contributed by atoms with van der Waals surface area (Å²) in [5.41, 5.74) is 16.2. The van der Waals surface area contributed by atoms with Crippen molar-refractivity contribution in [2.45, 2.75) is 171 Å². The molecule has 3 aliphatic heterocycles. The Hall–Kier alpha value is -9.88. The van der Waals surface area contributed by atoms with Crippen LogP contribution in [0.1, 0.15) is 117 Å². The van der Waals surface area contributed by atoms with Gasteiger partial charge < -0.3 is 89.9 Å². The molecule has 10 atom stereocenters. The largest absolute Gasteiger partial charge is 0.504 e. The standard InChI is InChI=1S/C56H82N16O21/c1-28-47(80)61-29(2)48(81)64-33(12-8-20-70(91)26-73)50(83)67-35(11-5-7-18-58)56(90)93-30(3)45(54(87)62-28)69-51(84)32(10-4-6-17-57)65-49(82)34(13-9-21-71(92)27-74)66-52(85)37(24-43(59)78)68-53(86)38-16-19-60-46-36(63-44(79)15-14-40(75)55(88)89)22-31-23-41(76)42(77)25-39(31)72(38)46/h22-23,25-30,32-35,37-38,45,60,76,91-92H,4-21,24,57-58H2,1-3H3,(H2,59,78)(H,61,80)(H,62,87)(H,63,79)(H,64,81)(H,65,82)(H,66,85)(H,67,83)(H,68,86)(H,69,84)(H,88,89). The number of carbonyl (C=O) groups is 15. The van der Waals surface area contributed by atoms with Gasteiger partial charge in [-0.25, -0.2) is 19.7 Å². The highest BCUT2D eigenvalue weighted by atomic mass is 16.5. The van der Waals surface area contributed by atoms with E-state index in [1.165, 1.54) is 31.4 Å². The van der Waals surface area contributed by atoms with Gasteiger partial charge in [0.15, 0.2) is 5.75 Å². The second-order valence-corrected chi connectivity index (χ2v) is 22.1. The fourth-order valence-electron chi connectivity index (χ4n) is 9.83. The number of cyclic esters (lactones) is 1. The van der Waals surface area contributed by atoms with Gasteiger partial charge >= 0.3 is 11.9 Å². The Morgan fingerprint density at radius 3 is 1.89 bits per heavy atom. The highest BCUT2D eigenvalue weighted by molar-refractivity contribution is 6.33. The van der Waals surface area contributed by atoms with E-state index in [-0.39, 0.29) is 125 Å². The van der Waals surface area contributed by atoms with E-state index >= 15 is 0 Å². The minimum atomic E-state index is -1.91. The molecule has 0 spiro atoms. The molecule has 1 saturated heterocycles. The lowest BCUT2D eigenvalue weighted by atomic mass is 10.0. The summed E-state index contributed by atoms with van der Waals surface area (Å²) in [7, 11) is 0. The van der Waals surface area contributed by atoms with E-state index in [0.717, 1.165) is 12.1 Å². The number of ketones is 1. The fraction of sp³-hybridized carbons (Fsp3) is 0.571. The van der Waals surface area contributed by atoms with Crippen LogP contribution in [-0.2, 0) is 76.7 Å². The number of carboxylic acid groups (broad SMARTS) is 1. The van der Waals surface area contributed by atoms with Gasteiger partial charge in [-0.1, -0.05) is 0 Å². The number of phenolic OH excluding ortho intramolecular Hbond substituents is 1. The van der Waals surface area contributed by atoms with Gasteiger partial charge in [-0.15, -0.1) is 0 Å². The third-order valence-electron chi connectivity index (χ3n) is 14.9. The Labute approximate surface area is 531 Å². The number of hydroxylamine groups is 4. The predicted molar refractivity (Wildman–Crippen MR) is 321 cm³/mol. The molecule has 1 fully saturated rings. The van der Waals surface area contributed by atoms with Crippen LogP contribution in [0.25, 0.3) is 11.3 Å². The molecule has 12 amide bonds. The molecule has 0 aromatic heterocycles. The third-order valence-corrected chi connectivity index (χ3v) is 14.9. The van der Waals surface area contributed by atoms with Crippen molar-refractivity contribution in [1.29, 1.82) is 0 Å². The molecule has 93 heavy (non-hydrogen) atoms. The van der Waals surface area contributed by atoms with Gasteiger partial charge in [0.1, 0.15) is 66.3 Å². The fourth-order valence-corrected chi connectivity index (χ4v) is 9.83. The Bertz CT molecular complexity index is 3110. The number of phenols is 1. The SMILES string of the molecule is CC1NC(=O)C(C)NC(=O)C(NC(=O)C(CCCCN)NC(=O)C(CCCN(O)C=O)NC(=O)C(CC(N)=O)NC(=O)C2CCNc3c(NC(=O)CCC(=O)C(=O)O)cc4cc(O)c(=O)cc-4n32)C(C)OC(=O)C(CCCCN)NC(=O)C(CCCN(O)C=O)NC1=O. The van der Waals surface area contributed by atoms with E-state index in [0.29, 0.717) is 11.5 Å². The second-order valence-electron chi connectivity index (χ2n) is 22.1. The molecule has 0 radical (unpaired) electrons. The minimum absolute atomic E-state index is 0.00612. The summed E-state index contributed by atoms with van der Waals surface area (Å²) in [4.78, 5) is 211. The lowest BCUT2D eigenvalue weighted by Gasteiger charge is -2.34. The van der Waals surface area contributed by atoms with Crippen molar-refractivity contribution in [2.24, 2.45) is 17.2 Å². The van der Waals surface area contributed by atoms with E-state index in [9.17, 15) is 92.2 Å². The number of aromatic nitrogens is 1. The van der Waals surface area contributed by atoms with Crippen LogP contribution in [0.15, 0.2) is 23.0 Å². The van der Waals surface area contributed by atoms with Gasteiger partial charge in [0.2, 0.25) is 83.1 Å². The first kappa shape index (κ1) is 75.6.